The van der Waals surface area contributed by atoms with Crippen LogP contribution >= 0.6 is 0 Å². The molecule has 0 spiro atoms. The molecule has 0 bridgehead atoms. The van der Waals surface area contributed by atoms with Crippen LogP contribution in [0.5, 0.6) is 0 Å². The number of esters is 1. The maximum absolute atomic E-state index is 11.9. The first-order chi connectivity index (χ1) is 8.93. The number of halogens is 2. The first kappa shape index (κ1) is 24.1. The topological polar surface area (TPSA) is 35.5 Å². The maximum Gasteiger partial charge on any atom is 0.361 e. The number of hydrogen-bond acceptors (Lipinski definition) is 3. The van der Waals surface area contributed by atoms with Gasteiger partial charge in [0.2, 0.25) is 0 Å². The third-order valence-electron chi connectivity index (χ3n) is 4.48. The van der Waals surface area contributed by atoms with Gasteiger partial charge in [0.1, 0.15) is 26.2 Å². The number of likely N-dealkylation sites (N-methyl/N-ethyl adjacent to an activating group) is 2. The van der Waals surface area contributed by atoms with Crippen molar-refractivity contribution in [2.75, 3.05) is 73.2 Å². The van der Waals surface area contributed by atoms with Crippen LogP contribution in [-0.2, 0) is 14.3 Å². The molecule has 0 unspecified atom stereocenters. The molecule has 128 valence electrons. The van der Waals surface area contributed by atoms with Crippen LogP contribution in [0.2, 0.25) is 0 Å². The van der Waals surface area contributed by atoms with Gasteiger partial charge in [0, 0.05) is 0 Å². The standard InChI is InChI=1S/C14H30N2O3.2HI/c1-5-15(3,6-2)9-12-19-14(17)13-16(4)7-10-18-11-8-16;;/h5-13H2,1-4H3;2*1H/q+2;;/p-2. The number of ether oxygens (including phenoxy) is 2. The normalized spacial score (nSPS) is 17.3. The molecule has 0 radical (unpaired) electrons. The van der Waals surface area contributed by atoms with Gasteiger partial charge in [-0.25, -0.2) is 4.79 Å². The highest BCUT2D eigenvalue weighted by molar-refractivity contribution is 5.70. The molecular weight excluding hydrogens is 498 g/mol. The molecule has 21 heavy (non-hydrogen) atoms. The molecule has 0 atom stereocenters. The number of rotatable bonds is 7. The lowest BCUT2D eigenvalue weighted by Crippen LogP contribution is -3.00. The first-order valence-corrected chi connectivity index (χ1v) is 7.33. The van der Waals surface area contributed by atoms with Gasteiger partial charge in [0.05, 0.1) is 40.4 Å². The van der Waals surface area contributed by atoms with E-state index < -0.39 is 0 Å². The molecule has 0 aromatic heterocycles. The lowest BCUT2D eigenvalue weighted by atomic mass is 10.3. The van der Waals surface area contributed by atoms with E-state index in [1.165, 1.54) is 0 Å². The Kier molecular flexibility index (Phi) is 13.0. The minimum atomic E-state index is -0.0804. The van der Waals surface area contributed by atoms with Gasteiger partial charge in [-0.3, -0.25) is 0 Å². The van der Waals surface area contributed by atoms with E-state index in [9.17, 15) is 4.79 Å². The summed E-state index contributed by atoms with van der Waals surface area (Å²) in [6, 6.07) is 0. The molecule has 1 heterocycles. The Bertz CT molecular complexity index is 294. The Labute approximate surface area is 163 Å². The zero-order valence-corrected chi connectivity index (χ0v) is 18.1. The van der Waals surface area contributed by atoms with Crippen molar-refractivity contribution in [3.8, 4) is 0 Å². The maximum atomic E-state index is 11.9. The van der Waals surface area contributed by atoms with Crippen LogP contribution in [0, 0.1) is 0 Å². The highest BCUT2D eigenvalue weighted by atomic mass is 127. The highest BCUT2D eigenvalue weighted by Crippen LogP contribution is 2.08. The number of carbonyl (C=O) groups excluding carboxylic acids is 1. The number of morpholine rings is 1. The molecule has 1 aliphatic rings. The summed E-state index contributed by atoms with van der Waals surface area (Å²) in [5.41, 5.74) is 0. The van der Waals surface area contributed by atoms with Gasteiger partial charge in [0.15, 0.2) is 6.54 Å². The van der Waals surface area contributed by atoms with Gasteiger partial charge < -0.3 is 66.4 Å². The predicted octanol–water partition coefficient (Wildman–Crippen LogP) is -5.50. The summed E-state index contributed by atoms with van der Waals surface area (Å²) in [6.45, 7) is 11.6. The predicted molar refractivity (Wildman–Crippen MR) is 74.7 cm³/mol. The van der Waals surface area contributed by atoms with E-state index in [2.05, 4.69) is 27.9 Å². The third kappa shape index (κ3) is 8.87. The molecule has 1 saturated heterocycles. The zero-order chi connectivity index (χ0) is 14.4. The molecule has 5 nitrogen and oxygen atoms in total. The van der Waals surface area contributed by atoms with Gasteiger partial charge in [-0.2, -0.15) is 0 Å². The fourth-order valence-electron chi connectivity index (χ4n) is 2.22. The number of hydrogen-bond donors (Lipinski definition) is 0. The van der Waals surface area contributed by atoms with Gasteiger partial charge in [-0.1, -0.05) is 0 Å². The second-order valence-electron chi connectivity index (χ2n) is 6.03. The van der Waals surface area contributed by atoms with Crippen LogP contribution in [0.25, 0.3) is 0 Å². The summed E-state index contributed by atoms with van der Waals surface area (Å²) in [7, 11) is 4.30. The fraction of sp³-hybridized carbons (Fsp3) is 0.929. The lowest BCUT2D eigenvalue weighted by molar-refractivity contribution is -0.910. The molecule has 1 fully saturated rings. The fourth-order valence-corrected chi connectivity index (χ4v) is 2.22. The molecule has 0 aliphatic carbocycles. The van der Waals surface area contributed by atoms with E-state index in [1.807, 2.05) is 0 Å². The Morgan fingerprint density at radius 3 is 2.19 bits per heavy atom. The minimum absolute atomic E-state index is 0. The smallest absolute Gasteiger partial charge is 0.361 e. The Morgan fingerprint density at radius 1 is 1.19 bits per heavy atom. The van der Waals surface area contributed by atoms with Crippen molar-refractivity contribution in [1.29, 1.82) is 0 Å². The Morgan fingerprint density at radius 2 is 1.71 bits per heavy atom. The van der Waals surface area contributed by atoms with E-state index in [-0.39, 0.29) is 53.9 Å². The van der Waals surface area contributed by atoms with Crippen LogP contribution in [0.4, 0.5) is 0 Å². The first-order valence-electron chi connectivity index (χ1n) is 7.33. The summed E-state index contributed by atoms with van der Waals surface area (Å²) in [6.07, 6.45) is 0. The molecule has 1 rings (SSSR count). The Hall–Kier alpha value is 0.810. The SMILES string of the molecule is CC[N+](C)(CC)CCOC(=O)C[N+]1(C)CCOCC1.[I-].[I-]. The summed E-state index contributed by atoms with van der Waals surface area (Å²) in [5.74, 6) is -0.0804. The van der Waals surface area contributed by atoms with Crippen molar-refractivity contribution >= 4 is 5.97 Å². The summed E-state index contributed by atoms with van der Waals surface area (Å²) in [4.78, 5) is 11.9. The van der Waals surface area contributed by atoms with E-state index in [4.69, 9.17) is 9.47 Å². The van der Waals surface area contributed by atoms with E-state index in [0.29, 0.717) is 13.2 Å². The number of carbonyl (C=O) groups is 1. The van der Waals surface area contributed by atoms with Gasteiger partial charge in [-0.05, 0) is 13.8 Å². The molecule has 0 aromatic carbocycles. The molecule has 7 heteroatoms. The van der Waals surface area contributed by atoms with Crippen molar-refractivity contribution in [2.24, 2.45) is 0 Å². The second kappa shape index (κ2) is 11.4. The van der Waals surface area contributed by atoms with Crippen molar-refractivity contribution in [2.45, 2.75) is 13.8 Å². The summed E-state index contributed by atoms with van der Waals surface area (Å²) in [5, 5.41) is 0. The highest BCUT2D eigenvalue weighted by Gasteiger charge is 2.29. The number of quaternary nitrogens is 2. The van der Waals surface area contributed by atoms with Gasteiger partial charge in [-0.15, -0.1) is 0 Å². The molecule has 0 N–H and O–H groups in total. The average Bonchev–Trinajstić information content (AvgIpc) is 2.38. The lowest BCUT2D eigenvalue weighted by Gasteiger charge is -2.36. The van der Waals surface area contributed by atoms with E-state index in [0.717, 1.165) is 54.9 Å². The minimum Gasteiger partial charge on any atom is -1.00 e. The quantitative estimate of drug-likeness (QED) is 0.188. The summed E-state index contributed by atoms with van der Waals surface area (Å²) < 4.78 is 12.4. The molecule has 0 amide bonds. The van der Waals surface area contributed by atoms with Gasteiger partial charge >= 0.3 is 5.97 Å². The van der Waals surface area contributed by atoms with Crippen molar-refractivity contribution in [3.63, 3.8) is 0 Å². The van der Waals surface area contributed by atoms with Crippen LogP contribution in [0.1, 0.15) is 13.8 Å². The third-order valence-corrected chi connectivity index (χ3v) is 4.48. The van der Waals surface area contributed by atoms with Crippen LogP contribution in [0.3, 0.4) is 0 Å². The molecule has 1 aliphatic heterocycles. The molecule has 0 saturated carbocycles. The average molecular weight is 528 g/mol. The largest absolute Gasteiger partial charge is 1.00 e. The van der Waals surface area contributed by atoms with Crippen LogP contribution in [0.15, 0.2) is 0 Å². The monoisotopic (exact) mass is 528 g/mol. The van der Waals surface area contributed by atoms with Crippen LogP contribution < -0.4 is 48.0 Å². The van der Waals surface area contributed by atoms with E-state index >= 15 is 0 Å². The summed E-state index contributed by atoms with van der Waals surface area (Å²) >= 11 is 0. The van der Waals surface area contributed by atoms with E-state index in [1.54, 1.807) is 0 Å². The van der Waals surface area contributed by atoms with Crippen molar-refractivity contribution in [3.05, 3.63) is 0 Å². The Balaban J connectivity index is 0. The van der Waals surface area contributed by atoms with Crippen molar-refractivity contribution < 1.29 is 71.2 Å². The van der Waals surface area contributed by atoms with Crippen molar-refractivity contribution in [1.82, 2.24) is 0 Å². The van der Waals surface area contributed by atoms with Gasteiger partial charge in [0.25, 0.3) is 0 Å². The zero-order valence-electron chi connectivity index (χ0n) is 13.7. The molecular formula is C14H30I2N2O3. The number of nitrogens with zero attached hydrogens (tertiary/aromatic N) is 2. The second-order valence-corrected chi connectivity index (χ2v) is 6.03. The van der Waals surface area contributed by atoms with Crippen LogP contribution in [-0.4, -0.2) is 88.1 Å². The molecule has 0 aromatic rings.